The number of aromatic nitrogens is 1. The number of anilines is 1. The molecule has 0 spiro atoms. The van der Waals surface area contributed by atoms with Gasteiger partial charge in [0, 0.05) is 11.4 Å². The quantitative estimate of drug-likeness (QED) is 0.851. The average Bonchev–Trinajstić information content (AvgIpc) is 2.73. The Kier molecular flexibility index (Phi) is 3.72. The molecule has 3 nitrogen and oxygen atoms in total. The largest absolute Gasteiger partial charge is 0.318 e. The third-order valence-corrected chi connectivity index (χ3v) is 3.49. The fourth-order valence-electron chi connectivity index (χ4n) is 1.27. The molecular formula is C11H7BrF2N2OS. The number of benzene rings is 1. The molecular weight excluding hydrogens is 326 g/mol. The van der Waals surface area contributed by atoms with Crippen molar-refractivity contribution in [1.29, 1.82) is 0 Å². The summed E-state index contributed by atoms with van der Waals surface area (Å²) < 4.78 is 26.7. The Hall–Kier alpha value is -1.34. The molecule has 0 aliphatic rings. The number of rotatable bonds is 2. The maximum Gasteiger partial charge on any atom is 0.275 e. The molecule has 1 aromatic heterocycles. The number of hydrogen-bond acceptors (Lipinski definition) is 3. The Labute approximate surface area is 114 Å². The summed E-state index contributed by atoms with van der Waals surface area (Å²) in [4.78, 5) is 15.7. The van der Waals surface area contributed by atoms with E-state index in [1.54, 1.807) is 12.3 Å². The topological polar surface area (TPSA) is 42.0 Å². The number of nitrogens with one attached hydrogen (secondary N) is 1. The van der Waals surface area contributed by atoms with Crippen molar-refractivity contribution in [3.05, 3.63) is 44.3 Å². The minimum Gasteiger partial charge on any atom is -0.318 e. The molecule has 0 bridgehead atoms. The molecule has 1 N–H and O–H groups in total. The molecule has 0 saturated carbocycles. The summed E-state index contributed by atoms with van der Waals surface area (Å²) in [6.07, 6.45) is 0. The lowest BCUT2D eigenvalue weighted by Gasteiger charge is -2.05. The van der Waals surface area contributed by atoms with Crippen molar-refractivity contribution in [2.24, 2.45) is 0 Å². The highest BCUT2D eigenvalue weighted by atomic mass is 79.9. The van der Waals surface area contributed by atoms with E-state index < -0.39 is 17.5 Å². The van der Waals surface area contributed by atoms with Gasteiger partial charge in [-0.3, -0.25) is 4.79 Å². The van der Waals surface area contributed by atoms with Crippen LogP contribution in [0.25, 0.3) is 0 Å². The van der Waals surface area contributed by atoms with Crippen LogP contribution < -0.4 is 5.32 Å². The van der Waals surface area contributed by atoms with Crippen molar-refractivity contribution in [1.82, 2.24) is 4.98 Å². The van der Waals surface area contributed by atoms with Gasteiger partial charge in [0.2, 0.25) is 0 Å². The lowest BCUT2D eigenvalue weighted by Crippen LogP contribution is -2.13. The molecule has 0 unspecified atom stereocenters. The first-order valence-electron chi connectivity index (χ1n) is 4.85. The van der Waals surface area contributed by atoms with Crippen molar-refractivity contribution in [3.8, 4) is 0 Å². The van der Waals surface area contributed by atoms with Gasteiger partial charge in [-0.1, -0.05) is 0 Å². The number of carbonyl (C=O) groups excluding carboxylic acids is 1. The van der Waals surface area contributed by atoms with E-state index in [1.165, 1.54) is 11.3 Å². The van der Waals surface area contributed by atoms with Gasteiger partial charge >= 0.3 is 0 Å². The standard InChI is InChI=1S/C11H7BrF2N2OS/c1-5-15-10(4-18-5)11(17)16-9-3-7(13)6(12)2-8(9)14/h2-4H,1H3,(H,16,17). The molecule has 0 aliphatic heterocycles. The highest BCUT2D eigenvalue weighted by Gasteiger charge is 2.14. The summed E-state index contributed by atoms with van der Waals surface area (Å²) in [5, 5.41) is 4.56. The number of amides is 1. The van der Waals surface area contributed by atoms with Crippen LogP contribution in [-0.2, 0) is 0 Å². The zero-order valence-electron chi connectivity index (χ0n) is 9.13. The van der Waals surface area contributed by atoms with E-state index in [2.05, 4.69) is 26.2 Å². The number of thiazole rings is 1. The first-order valence-corrected chi connectivity index (χ1v) is 6.52. The van der Waals surface area contributed by atoms with Crippen molar-refractivity contribution in [2.45, 2.75) is 6.92 Å². The Morgan fingerprint density at radius 1 is 1.39 bits per heavy atom. The van der Waals surface area contributed by atoms with Gasteiger partial charge in [-0.15, -0.1) is 11.3 Å². The monoisotopic (exact) mass is 332 g/mol. The van der Waals surface area contributed by atoms with Crippen LogP contribution in [0.1, 0.15) is 15.5 Å². The van der Waals surface area contributed by atoms with Gasteiger partial charge in [0.05, 0.1) is 15.2 Å². The highest BCUT2D eigenvalue weighted by Crippen LogP contribution is 2.23. The zero-order valence-corrected chi connectivity index (χ0v) is 11.5. The lowest BCUT2D eigenvalue weighted by molar-refractivity contribution is 0.102. The van der Waals surface area contributed by atoms with Crippen molar-refractivity contribution in [3.63, 3.8) is 0 Å². The molecule has 0 saturated heterocycles. The molecule has 18 heavy (non-hydrogen) atoms. The first-order chi connectivity index (χ1) is 8.47. The second kappa shape index (κ2) is 5.11. The fraction of sp³-hybridized carbons (Fsp3) is 0.0909. The van der Waals surface area contributed by atoms with E-state index in [0.29, 0.717) is 0 Å². The summed E-state index contributed by atoms with van der Waals surface area (Å²) in [6.45, 7) is 1.75. The van der Waals surface area contributed by atoms with Crippen LogP contribution in [0.3, 0.4) is 0 Å². The Bertz CT molecular complexity index is 615. The van der Waals surface area contributed by atoms with Gasteiger partial charge in [0.15, 0.2) is 0 Å². The van der Waals surface area contributed by atoms with Crippen molar-refractivity contribution >= 4 is 38.9 Å². The Morgan fingerprint density at radius 2 is 2.11 bits per heavy atom. The van der Waals surface area contributed by atoms with Gasteiger partial charge in [0.25, 0.3) is 5.91 Å². The molecule has 7 heteroatoms. The van der Waals surface area contributed by atoms with Crippen LogP contribution in [0.5, 0.6) is 0 Å². The van der Waals surface area contributed by atoms with E-state index in [-0.39, 0.29) is 15.9 Å². The maximum atomic E-state index is 13.5. The van der Waals surface area contributed by atoms with Gasteiger partial charge < -0.3 is 5.32 Å². The van der Waals surface area contributed by atoms with E-state index in [4.69, 9.17) is 0 Å². The second-order valence-electron chi connectivity index (χ2n) is 3.45. The first kappa shape index (κ1) is 13.1. The van der Waals surface area contributed by atoms with Crippen molar-refractivity contribution in [2.75, 3.05) is 5.32 Å². The fourth-order valence-corrected chi connectivity index (χ4v) is 2.18. The van der Waals surface area contributed by atoms with E-state index in [1.807, 2.05) is 0 Å². The van der Waals surface area contributed by atoms with Crippen LogP contribution in [-0.4, -0.2) is 10.9 Å². The minimum atomic E-state index is -0.719. The van der Waals surface area contributed by atoms with Gasteiger partial charge in [-0.2, -0.15) is 0 Å². The van der Waals surface area contributed by atoms with E-state index in [0.717, 1.165) is 17.1 Å². The van der Waals surface area contributed by atoms with Crippen LogP contribution in [0.4, 0.5) is 14.5 Å². The molecule has 2 rings (SSSR count). The SMILES string of the molecule is Cc1nc(C(=O)Nc2cc(F)c(Br)cc2F)cs1. The van der Waals surface area contributed by atoms with E-state index >= 15 is 0 Å². The van der Waals surface area contributed by atoms with Gasteiger partial charge in [-0.25, -0.2) is 13.8 Å². The van der Waals surface area contributed by atoms with Crippen LogP contribution in [0.15, 0.2) is 22.0 Å². The van der Waals surface area contributed by atoms with Gasteiger partial charge in [0.1, 0.15) is 17.3 Å². The molecule has 0 aliphatic carbocycles. The van der Waals surface area contributed by atoms with Crippen LogP contribution in [0, 0.1) is 18.6 Å². The number of carbonyl (C=O) groups is 1. The normalized spacial score (nSPS) is 10.4. The predicted molar refractivity (Wildman–Crippen MR) is 68.9 cm³/mol. The summed E-state index contributed by atoms with van der Waals surface area (Å²) in [5.41, 5.74) is -0.0356. The minimum absolute atomic E-state index is 0.00232. The molecule has 0 fully saturated rings. The van der Waals surface area contributed by atoms with Crippen LogP contribution >= 0.6 is 27.3 Å². The molecule has 1 amide bonds. The Balaban J connectivity index is 2.24. The van der Waals surface area contributed by atoms with E-state index in [9.17, 15) is 13.6 Å². The number of halogens is 3. The smallest absolute Gasteiger partial charge is 0.275 e. The zero-order chi connectivity index (χ0) is 13.3. The molecule has 1 aromatic carbocycles. The molecule has 94 valence electrons. The molecule has 0 atom stereocenters. The highest BCUT2D eigenvalue weighted by molar-refractivity contribution is 9.10. The molecule has 0 radical (unpaired) electrons. The maximum absolute atomic E-state index is 13.5. The summed E-state index contributed by atoms with van der Waals surface area (Å²) >= 11 is 4.16. The second-order valence-corrected chi connectivity index (χ2v) is 5.37. The summed E-state index contributed by atoms with van der Waals surface area (Å²) in [5.74, 6) is -1.94. The average molecular weight is 333 g/mol. The molecule has 1 heterocycles. The summed E-state index contributed by atoms with van der Waals surface area (Å²) in [7, 11) is 0. The third-order valence-electron chi connectivity index (χ3n) is 2.11. The number of nitrogens with zero attached hydrogens (tertiary/aromatic N) is 1. The van der Waals surface area contributed by atoms with Crippen LogP contribution in [0.2, 0.25) is 0 Å². The van der Waals surface area contributed by atoms with Gasteiger partial charge in [-0.05, 0) is 28.9 Å². The number of hydrogen-bond donors (Lipinski definition) is 1. The lowest BCUT2D eigenvalue weighted by atomic mass is 10.3. The molecule has 2 aromatic rings. The Morgan fingerprint density at radius 3 is 2.72 bits per heavy atom. The third kappa shape index (κ3) is 2.73. The summed E-state index contributed by atoms with van der Waals surface area (Å²) in [6, 6.07) is 1.87. The van der Waals surface area contributed by atoms with Crippen molar-refractivity contribution < 1.29 is 13.6 Å². The predicted octanol–water partition coefficient (Wildman–Crippen LogP) is 3.74. The number of aryl methyl sites for hydroxylation is 1.